The van der Waals surface area contributed by atoms with Crippen molar-refractivity contribution in [3.63, 3.8) is 0 Å². The summed E-state index contributed by atoms with van der Waals surface area (Å²) in [5.74, 6) is -2.51. The number of carbonyl (C=O) groups excluding carboxylic acids is 1. The van der Waals surface area contributed by atoms with Gasteiger partial charge in [0.15, 0.2) is 11.6 Å². The van der Waals surface area contributed by atoms with E-state index in [1.54, 1.807) is 12.1 Å². The van der Waals surface area contributed by atoms with E-state index >= 15 is 0 Å². The van der Waals surface area contributed by atoms with E-state index in [4.69, 9.17) is 0 Å². The Hall–Kier alpha value is -2.43. The molecule has 0 unspecified atom stereocenters. The van der Waals surface area contributed by atoms with Gasteiger partial charge >= 0.3 is 0 Å². The van der Waals surface area contributed by atoms with Crippen molar-refractivity contribution >= 4 is 17.3 Å². The number of rotatable bonds is 3. The summed E-state index contributed by atoms with van der Waals surface area (Å²) in [4.78, 5) is 12.0. The molecular weight excluding hydrogens is 286 g/mol. The van der Waals surface area contributed by atoms with Crippen LogP contribution in [-0.4, -0.2) is 11.4 Å². The van der Waals surface area contributed by atoms with Crippen molar-refractivity contribution in [1.82, 2.24) is 0 Å². The molecule has 22 heavy (non-hydrogen) atoms. The lowest BCUT2D eigenvalue weighted by atomic mass is 10.1. The zero-order valence-electron chi connectivity index (χ0n) is 12.7. The first kappa shape index (κ1) is 15.9. The minimum absolute atomic E-state index is 0.0591. The molecule has 2 aromatic carbocycles. The predicted octanol–water partition coefficient (Wildman–Crippen LogP) is 4.43. The SMILES string of the molecule is CC(C)(C)Nc1ccc(NC(=O)c2ccc(F)c(F)c2)cc1. The highest BCUT2D eigenvalue weighted by atomic mass is 19.2. The van der Waals surface area contributed by atoms with Gasteiger partial charge in [-0.1, -0.05) is 0 Å². The number of nitrogens with one attached hydrogen (secondary N) is 2. The molecule has 116 valence electrons. The summed E-state index contributed by atoms with van der Waals surface area (Å²) in [6, 6.07) is 10.2. The van der Waals surface area contributed by atoms with E-state index in [-0.39, 0.29) is 11.1 Å². The summed E-state index contributed by atoms with van der Waals surface area (Å²) in [7, 11) is 0. The molecule has 0 aliphatic carbocycles. The minimum atomic E-state index is -1.04. The molecule has 1 amide bonds. The topological polar surface area (TPSA) is 41.1 Å². The molecule has 0 atom stereocenters. The second kappa shape index (κ2) is 6.13. The third-order valence-electron chi connectivity index (χ3n) is 2.84. The highest BCUT2D eigenvalue weighted by Crippen LogP contribution is 2.18. The van der Waals surface area contributed by atoms with Gasteiger partial charge in [0.1, 0.15) is 0 Å². The Morgan fingerprint density at radius 1 is 0.909 bits per heavy atom. The lowest BCUT2D eigenvalue weighted by molar-refractivity contribution is 0.102. The van der Waals surface area contributed by atoms with E-state index in [0.717, 1.165) is 17.8 Å². The Bertz CT molecular complexity index is 676. The van der Waals surface area contributed by atoms with Crippen molar-refractivity contribution in [1.29, 1.82) is 0 Å². The molecule has 0 aromatic heterocycles. The second-order valence-electron chi connectivity index (χ2n) is 6.04. The molecule has 2 aromatic rings. The summed E-state index contributed by atoms with van der Waals surface area (Å²) in [6.07, 6.45) is 0. The van der Waals surface area contributed by atoms with Crippen LogP contribution in [0.25, 0.3) is 0 Å². The van der Waals surface area contributed by atoms with E-state index in [1.807, 2.05) is 32.9 Å². The van der Waals surface area contributed by atoms with Crippen molar-refractivity contribution in [3.05, 3.63) is 59.7 Å². The van der Waals surface area contributed by atoms with Crippen LogP contribution in [0, 0.1) is 11.6 Å². The van der Waals surface area contributed by atoms with E-state index in [0.29, 0.717) is 5.69 Å². The fraction of sp³-hybridized carbons (Fsp3) is 0.235. The Balaban J connectivity index is 2.07. The molecule has 0 heterocycles. The Morgan fingerprint density at radius 3 is 2.05 bits per heavy atom. The van der Waals surface area contributed by atoms with E-state index in [9.17, 15) is 13.6 Å². The van der Waals surface area contributed by atoms with Gasteiger partial charge in [-0.25, -0.2) is 8.78 Å². The van der Waals surface area contributed by atoms with Crippen LogP contribution in [0.2, 0.25) is 0 Å². The van der Waals surface area contributed by atoms with E-state index in [2.05, 4.69) is 10.6 Å². The van der Waals surface area contributed by atoms with Crippen LogP contribution in [0.4, 0.5) is 20.2 Å². The molecule has 2 rings (SSSR count). The third kappa shape index (κ3) is 4.28. The molecule has 0 fully saturated rings. The van der Waals surface area contributed by atoms with Crippen LogP contribution in [-0.2, 0) is 0 Å². The van der Waals surface area contributed by atoms with Crippen LogP contribution in [0.5, 0.6) is 0 Å². The van der Waals surface area contributed by atoms with Gasteiger partial charge in [-0.3, -0.25) is 4.79 Å². The van der Waals surface area contributed by atoms with Crippen molar-refractivity contribution in [2.24, 2.45) is 0 Å². The average Bonchev–Trinajstić information content (AvgIpc) is 2.42. The van der Waals surface area contributed by atoms with Crippen LogP contribution < -0.4 is 10.6 Å². The van der Waals surface area contributed by atoms with Crippen molar-refractivity contribution in [2.75, 3.05) is 10.6 Å². The van der Waals surface area contributed by atoms with Gasteiger partial charge in [0.05, 0.1) is 0 Å². The lowest BCUT2D eigenvalue weighted by Crippen LogP contribution is -2.25. The standard InChI is InChI=1S/C17H18F2N2O/c1-17(2,3)21-13-7-5-12(6-8-13)20-16(22)11-4-9-14(18)15(19)10-11/h4-10,21H,1-3H3,(H,20,22). The summed E-state index contributed by atoms with van der Waals surface area (Å²) in [5.41, 5.74) is 1.51. The zero-order chi connectivity index (χ0) is 16.3. The zero-order valence-corrected chi connectivity index (χ0v) is 12.7. The summed E-state index contributed by atoms with van der Waals surface area (Å²) < 4.78 is 26.0. The minimum Gasteiger partial charge on any atom is -0.380 e. The maximum Gasteiger partial charge on any atom is 0.255 e. The van der Waals surface area contributed by atoms with E-state index in [1.165, 1.54) is 6.07 Å². The molecule has 0 saturated carbocycles. The van der Waals surface area contributed by atoms with Gasteiger partial charge < -0.3 is 10.6 Å². The maximum atomic E-state index is 13.1. The van der Waals surface area contributed by atoms with Crippen LogP contribution in [0.15, 0.2) is 42.5 Å². The fourth-order valence-corrected chi connectivity index (χ4v) is 1.91. The van der Waals surface area contributed by atoms with E-state index < -0.39 is 17.5 Å². The molecule has 0 spiro atoms. The summed E-state index contributed by atoms with van der Waals surface area (Å²) >= 11 is 0. The van der Waals surface area contributed by atoms with Crippen LogP contribution in [0.3, 0.4) is 0 Å². The van der Waals surface area contributed by atoms with Gasteiger partial charge in [0.25, 0.3) is 5.91 Å². The van der Waals surface area contributed by atoms with Crippen molar-refractivity contribution in [2.45, 2.75) is 26.3 Å². The smallest absolute Gasteiger partial charge is 0.255 e. The Morgan fingerprint density at radius 2 is 1.50 bits per heavy atom. The highest BCUT2D eigenvalue weighted by molar-refractivity contribution is 6.04. The van der Waals surface area contributed by atoms with Gasteiger partial charge in [-0.15, -0.1) is 0 Å². The largest absolute Gasteiger partial charge is 0.380 e. The molecular formula is C17H18F2N2O. The number of amides is 1. The molecule has 0 aliphatic rings. The lowest BCUT2D eigenvalue weighted by Gasteiger charge is -2.22. The third-order valence-corrected chi connectivity index (χ3v) is 2.84. The Labute approximate surface area is 128 Å². The maximum absolute atomic E-state index is 13.1. The molecule has 5 heteroatoms. The first-order valence-corrected chi connectivity index (χ1v) is 6.89. The van der Waals surface area contributed by atoms with Crippen LogP contribution in [0.1, 0.15) is 31.1 Å². The number of halogens is 2. The number of hydrogen-bond donors (Lipinski definition) is 2. The number of anilines is 2. The molecule has 0 radical (unpaired) electrons. The first-order valence-electron chi connectivity index (χ1n) is 6.89. The number of benzene rings is 2. The predicted molar refractivity (Wildman–Crippen MR) is 84.1 cm³/mol. The fourth-order valence-electron chi connectivity index (χ4n) is 1.91. The summed E-state index contributed by atoms with van der Waals surface area (Å²) in [5, 5.41) is 5.94. The highest BCUT2D eigenvalue weighted by Gasteiger charge is 2.11. The average molecular weight is 304 g/mol. The summed E-state index contributed by atoms with van der Waals surface area (Å²) in [6.45, 7) is 6.14. The normalized spacial score (nSPS) is 11.1. The Kier molecular flexibility index (Phi) is 4.45. The second-order valence-corrected chi connectivity index (χ2v) is 6.04. The van der Waals surface area contributed by atoms with Gasteiger partial charge in [0.2, 0.25) is 0 Å². The van der Waals surface area contributed by atoms with Gasteiger partial charge in [-0.2, -0.15) is 0 Å². The van der Waals surface area contributed by atoms with Crippen molar-refractivity contribution < 1.29 is 13.6 Å². The first-order chi connectivity index (χ1) is 10.2. The number of carbonyl (C=O) groups is 1. The molecule has 2 N–H and O–H groups in total. The molecule has 0 bridgehead atoms. The quantitative estimate of drug-likeness (QED) is 0.881. The van der Waals surface area contributed by atoms with Gasteiger partial charge in [0, 0.05) is 22.5 Å². The monoisotopic (exact) mass is 304 g/mol. The molecule has 0 saturated heterocycles. The number of hydrogen-bond acceptors (Lipinski definition) is 2. The van der Waals surface area contributed by atoms with Gasteiger partial charge in [-0.05, 0) is 63.2 Å². The molecule has 3 nitrogen and oxygen atoms in total. The molecule has 0 aliphatic heterocycles. The van der Waals surface area contributed by atoms with Crippen LogP contribution >= 0.6 is 0 Å². The van der Waals surface area contributed by atoms with Crippen molar-refractivity contribution in [3.8, 4) is 0 Å².